The van der Waals surface area contributed by atoms with Gasteiger partial charge in [-0.15, -0.1) is 0 Å². The molecule has 0 bridgehead atoms. The van der Waals surface area contributed by atoms with Crippen molar-refractivity contribution in [1.29, 1.82) is 0 Å². The highest BCUT2D eigenvalue weighted by Gasteiger charge is 2.17. The zero-order valence-corrected chi connectivity index (χ0v) is 15.6. The lowest BCUT2D eigenvalue weighted by Gasteiger charge is -2.11. The average molecular weight is 372 g/mol. The number of ether oxygens (including phenoxy) is 2. The van der Waals surface area contributed by atoms with Crippen molar-refractivity contribution in [3.05, 3.63) is 95.2 Å². The first-order valence-electron chi connectivity index (χ1n) is 9.10. The molecule has 0 saturated heterocycles. The highest BCUT2D eigenvalue weighted by Crippen LogP contribution is 2.37. The summed E-state index contributed by atoms with van der Waals surface area (Å²) in [6.45, 7) is 2.71. The van der Waals surface area contributed by atoms with Crippen LogP contribution in [0.4, 0.5) is 0 Å². The first-order chi connectivity index (χ1) is 13.7. The Morgan fingerprint density at radius 3 is 2.07 bits per heavy atom. The molecule has 0 unspecified atom stereocenters. The summed E-state index contributed by atoms with van der Waals surface area (Å²) in [5.41, 5.74) is 3.47. The molecule has 0 spiro atoms. The molecule has 0 aliphatic rings. The van der Waals surface area contributed by atoms with E-state index in [1.165, 1.54) is 0 Å². The molecule has 1 aromatic heterocycles. The number of hydrogen-bond donors (Lipinski definition) is 0. The second kappa shape index (κ2) is 8.01. The van der Waals surface area contributed by atoms with E-state index in [1.807, 2.05) is 73.7 Å². The molecule has 0 amide bonds. The number of fused-ring (bicyclic) bond motifs is 1. The molecule has 28 heavy (non-hydrogen) atoms. The van der Waals surface area contributed by atoms with Crippen LogP contribution in [0.25, 0.3) is 11.0 Å². The molecule has 0 saturated carbocycles. The van der Waals surface area contributed by atoms with Crippen LogP contribution in [-0.4, -0.2) is 6.29 Å². The smallest absolute Gasteiger partial charge is 0.185 e. The summed E-state index contributed by atoms with van der Waals surface area (Å²) in [5.74, 6) is 1.57. The summed E-state index contributed by atoms with van der Waals surface area (Å²) in [7, 11) is 0. The normalized spacial score (nSPS) is 10.8. The third-order valence-electron chi connectivity index (χ3n) is 4.60. The van der Waals surface area contributed by atoms with Crippen molar-refractivity contribution in [1.82, 2.24) is 0 Å². The minimum absolute atomic E-state index is 0.305. The Bertz CT molecular complexity index is 1080. The van der Waals surface area contributed by atoms with Crippen molar-refractivity contribution in [3.8, 4) is 11.5 Å². The Labute approximate surface area is 163 Å². The van der Waals surface area contributed by atoms with E-state index in [4.69, 9.17) is 13.9 Å². The van der Waals surface area contributed by atoms with Crippen LogP contribution < -0.4 is 9.47 Å². The zero-order valence-electron chi connectivity index (χ0n) is 15.6. The zero-order chi connectivity index (χ0) is 19.3. The maximum absolute atomic E-state index is 11.3. The van der Waals surface area contributed by atoms with E-state index in [0.29, 0.717) is 36.1 Å². The van der Waals surface area contributed by atoms with Gasteiger partial charge in [-0.3, -0.25) is 4.79 Å². The monoisotopic (exact) mass is 372 g/mol. The van der Waals surface area contributed by atoms with Gasteiger partial charge in [0, 0.05) is 17.7 Å². The number of carbonyl (C=O) groups is 1. The first kappa shape index (κ1) is 17.9. The minimum Gasteiger partial charge on any atom is -0.489 e. The van der Waals surface area contributed by atoms with Crippen LogP contribution >= 0.6 is 0 Å². The molecule has 0 aliphatic carbocycles. The highest BCUT2D eigenvalue weighted by atomic mass is 16.5. The predicted octanol–water partition coefficient (Wildman–Crippen LogP) is 5.71. The maximum atomic E-state index is 11.3. The number of furan rings is 1. The van der Waals surface area contributed by atoms with Crippen LogP contribution in [-0.2, 0) is 13.2 Å². The predicted molar refractivity (Wildman–Crippen MR) is 108 cm³/mol. The lowest BCUT2D eigenvalue weighted by molar-refractivity contribution is 0.110. The van der Waals surface area contributed by atoms with Crippen molar-refractivity contribution in [2.75, 3.05) is 0 Å². The van der Waals surface area contributed by atoms with Crippen LogP contribution in [0.15, 0.2) is 77.2 Å². The molecular formula is C24H20O4. The van der Waals surface area contributed by atoms with Crippen LogP contribution in [0.1, 0.15) is 27.2 Å². The van der Waals surface area contributed by atoms with Gasteiger partial charge >= 0.3 is 0 Å². The minimum atomic E-state index is 0.305. The molecule has 4 aromatic rings. The van der Waals surface area contributed by atoms with Gasteiger partial charge in [0.15, 0.2) is 12.0 Å². The largest absolute Gasteiger partial charge is 0.489 e. The van der Waals surface area contributed by atoms with E-state index in [2.05, 4.69) is 0 Å². The molecule has 0 N–H and O–H groups in total. The number of aldehydes is 1. The molecule has 140 valence electrons. The molecule has 0 atom stereocenters. The van der Waals surface area contributed by atoms with Crippen LogP contribution in [0.2, 0.25) is 0 Å². The first-order valence-corrected chi connectivity index (χ1v) is 9.10. The molecule has 4 nitrogen and oxygen atoms in total. The Morgan fingerprint density at radius 2 is 1.46 bits per heavy atom. The van der Waals surface area contributed by atoms with Crippen molar-refractivity contribution >= 4 is 17.3 Å². The summed E-state index contributed by atoms with van der Waals surface area (Å²) >= 11 is 0. The van der Waals surface area contributed by atoms with Gasteiger partial charge in [0.25, 0.3) is 0 Å². The van der Waals surface area contributed by atoms with Crippen molar-refractivity contribution < 1.29 is 18.7 Å². The van der Waals surface area contributed by atoms with Gasteiger partial charge in [-0.1, -0.05) is 60.7 Å². The van der Waals surface area contributed by atoms with Gasteiger partial charge in [0.05, 0.1) is 5.39 Å². The van der Waals surface area contributed by atoms with Gasteiger partial charge in [-0.2, -0.15) is 0 Å². The summed E-state index contributed by atoms with van der Waals surface area (Å²) in [6, 6.07) is 23.5. The average Bonchev–Trinajstić information content (AvgIpc) is 3.08. The molecule has 0 fully saturated rings. The van der Waals surface area contributed by atoms with Crippen LogP contribution in [0, 0.1) is 6.92 Å². The van der Waals surface area contributed by atoms with Gasteiger partial charge in [0.1, 0.15) is 30.3 Å². The molecule has 4 heteroatoms. The summed E-state index contributed by atoms with van der Waals surface area (Å²) in [5, 5.41) is 0.796. The Kier molecular flexibility index (Phi) is 5.11. The van der Waals surface area contributed by atoms with Crippen LogP contribution in [0.5, 0.6) is 11.5 Å². The van der Waals surface area contributed by atoms with E-state index in [0.717, 1.165) is 28.4 Å². The lowest BCUT2D eigenvalue weighted by Crippen LogP contribution is -1.98. The third-order valence-corrected chi connectivity index (χ3v) is 4.60. The summed E-state index contributed by atoms with van der Waals surface area (Å²) in [6.07, 6.45) is 0.723. The molecule has 4 rings (SSSR count). The SMILES string of the molecule is Cc1c(C=O)oc2cc(OCc3ccccc3)cc(OCc3ccccc3)c12. The maximum Gasteiger partial charge on any atom is 0.185 e. The topological polar surface area (TPSA) is 48.7 Å². The van der Waals surface area contributed by atoms with E-state index >= 15 is 0 Å². The molecular weight excluding hydrogens is 352 g/mol. The standard InChI is InChI=1S/C24H20O4/c1-17-23(14-25)28-22-13-20(26-15-18-8-4-2-5-9-18)12-21(24(17)22)27-16-19-10-6-3-7-11-19/h2-14H,15-16H2,1H3. The third kappa shape index (κ3) is 3.76. The molecule has 3 aromatic carbocycles. The lowest BCUT2D eigenvalue weighted by atomic mass is 10.1. The quantitative estimate of drug-likeness (QED) is 0.390. The fourth-order valence-corrected chi connectivity index (χ4v) is 3.12. The van der Waals surface area contributed by atoms with Gasteiger partial charge in [-0.25, -0.2) is 0 Å². The molecule has 0 aliphatic heterocycles. The van der Waals surface area contributed by atoms with Gasteiger partial charge < -0.3 is 13.9 Å². The Morgan fingerprint density at radius 1 is 0.857 bits per heavy atom. The van der Waals surface area contributed by atoms with E-state index in [1.54, 1.807) is 6.07 Å². The van der Waals surface area contributed by atoms with Gasteiger partial charge in [0.2, 0.25) is 0 Å². The number of rotatable bonds is 7. The number of hydrogen-bond acceptors (Lipinski definition) is 4. The Balaban J connectivity index is 1.65. The van der Waals surface area contributed by atoms with Crippen molar-refractivity contribution in [2.45, 2.75) is 20.1 Å². The van der Waals surface area contributed by atoms with Crippen LogP contribution in [0.3, 0.4) is 0 Å². The second-order valence-corrected chi connectivity index (χ2v) is 6.55. The van der Waals surface area contributed by atoms with Crippen molar-refractivity contribution in [3.63, 3.8) is 0 Å². The van der Waals surface area contributed by atoms with E-state index < -0.39 is 0 Å². The number of aryl methyl sites for hydroxylation is 1. The fourth-order valence-electron chi connectivity index (χ4n) is 3.12. The molecule has 0 radical (unpaired) electrons. The Hall–Kier alpha value is -3.53. The number of carbonyl (C=O) groups excluding carboxylic acids is 1. The van der Waals surface area contributed by atoms with Crippen molar-refractivity contribution in [2.24, 2.45) is 0 Å². The second-order valence-electron chi connectivity index (χ2n) is 6.55. The fraction of sp³-hybridized carbons (Fsp3) is 0.125. The highest BCUT2D eigenvalue weighted by molar-refractivity contribution is 5.94. The number of benzene rings is 3. The summed E-state index contributed by atoms with van der Waals surface area (Å²) < 4.78 is 17.7. The van der Waals surface area contributed by atoms with Gasteiger partial charge in [-0.05, 0) is 18.1 Å². The molecule has 1 heterocycles. The van der Waals surface area contributed by atoms with E-state index in [9.17, 15) is 4.79 Å². The summed E-state index contributed by atoms with van der Waals surface area (Å²) in [4.78, 5) is 11.3. The van der Waals surface area contributed by atoms with E-state index in [-0.39, 0.29) is 0 Å².